The summed E-state index contributed by atoms with van der Waals surface area (Å²) in [6.07, 6.45) is 0. The predicted octanol–water partition coefficient (Wildman–Crippen LogP) is 2.37. The Labute approximate surface area is 101 Å². The third-order valence-corrected chi connectivity index (χ3v) is 3.48. The highest BCUT2D eigenvalue weighted by molar-refractivity contribution is 5.64. The Kier molecular flexibility index (Phi) is 2.20. The highest BCUT2D eigenvalue weighted by atomic mass is 16.3. The number of aliphatic hydroxyl groups is 1. The summed E-state index contributed by atoms with van der Waals surface area (Å²) in [5, 5.41) is 10.9. The lowest BCUT2D eigenvalue weighted by Gasteiger charge is -2.24. The van der Waals surface area contributed by atoms with Gasteiger partial charge in [-0.25, -0.2) is 0 Å². The molecule has 0 amide bonds. The third-order valence-electron chi connectivity index (χ3n) is 3.48. The molecule has 86 valence electrons. The van der Waals surface area contributed by atoms with Crippen molar-refractivity contribution in [3.05, 3.63) is 65.7 Å². The van der Waals surface area contributed by atoms with Crippen molar-refractivity contribution < 1.29 is 5.11 Å². The highest BCUT2D eigenvalue weighted by Gasteiger charge is 2.40. The van der Waals surface area contributed by atoms with E-state index in [2.05, 4.69) is 11.0 Å². The van der Waals surface area contributed by atoms with Crippen molar-refractivity contribution in [2.75, 3.05) is 18.5 Å². The number of fused-ring (bicyclic) bond motifs is 1. The van der Waals surface area contributed by atoms with E-state index in [0.29, 0.717) is 6.54 Å². The Morgan fingerprint density at radius 1 is 1.00 bits per heavy atom. The number of nitrogens with zero attached hydrogens (tertiary/aromatic N) is 1. The largest absolute Gasteiger partial charge is 0.378 e. The van der Waals surface area contributed by atoms with Crippen molar-refractivity contribution in [2.24, 2.45) is 0 Å². The van der Waals surface area contributed by atoms with Crippen molar-refractivity contribution in [2.45, 2.75) is 5.60 Å². The molecule has 1 heterocycles. The molecule has 2 heteroatoms. The van der Waals surface area contributed by atoms with Gasteiger partial charge in [0.15, 0.2) is 0 Å². The van der Waals surface area contributed by atoms with Crippen LogP contribution in [-0.2, 0) is 5.60 Å². The molecule has 0 aliphatic carbocycles. The van der Waals surface area contributed by atoms with Gasteiger partial charge in [-0.3, -0.25) is 0 Å². The number of benzene rings is 2. The molecule has 1 aliphatic heterocycles. The molecule has 0 aromatic heterocycles. The number of hydrogen-bond acceptors (Lipinski definition) is 2. The topological polar surface area (TPSA) is 23.5 Å². The normalized spacial score (nSPS) is 22.6. The molecule has 0 spiro atoms. The zero-order chi connectivity index (χ0) is 11.9. The SMILES string of the molecule is CN1CC(O)(c2ccccc2)c2ccccc21. The van der Waals surface area contributed by atoms with Crippen LogP contribution in [0.3, 0.4) is 0 Å². The van der Waals surface area contributed by atoms with E-state index in [1.54, 1.807) is 0 Å². The summed E-state index contributed by atoms with van der Waals surface area (Å²) >= 11 is 0. The smallest absolute Gasteiger partial charge is 0.134 e. The summed E-state index contributed by atoms with van der Waals surface area (Å²) in [6.45, 7) is 0.608. The highest BCUT2D eigenvalue weighted by Crippen LogP contribution is 2.42. The second-order valence-corrected chi connectivity index (χ2v) is 4.60. The molecule has 0 radical (unpaired) electrons. The van der Waals surface area contributed by atoms with Crippen molar-refractivity contribution >= 4 is 5.69 Å². The molecule has 0 bridgehead atoms. The zero-order valence-corrected chi connectivity index (χ0v) is 9.80. The summed E-state index contributed by atoms with van der Waals surface area (Å²) in [5.74, 6) is 0. The van der Waals surface area contributed by atoms with Crippen LogP contribution < -0.4 is 4.90 Å². The number of rotatable bonds is 1. The molecule has 1 unspecified atom stereocenters. The fourth-order valence-electron chi connectivity index (χ4n) is 2.63. The first kappa shape index (κ1) is 10.4. The lowest BCUT2D eigenvalue weighted by molar-refractivity contribution is 0.0989. The van der Waals surface area contributed by atoms with Gasteiger partial charge in [0.1, 0.15) is 5.60 Å². The van der Waals surface area contributed by atoms with Crippen molar-refractivity contribution in [1.82, 2.24) is 0 Å². The molecule has 0 saturated carbocycles. The number of para-hydroxylation sites is 1. The predicted molar refractivity (Wildman–Crippen MR) is 69.2 cm³/mol. The van der Waals surface area contributed by atoms with E-state index in [4.69, 9.17) is 0 Å². The average Bonchev–Trinajstić information content (AvgIpc) is 2.65. The zero-order valence-electron chi connectivity index (χ0n) is 9.80. The van der Waals surface area contributed by atoms with E-state index in [-0.39, 0.29) is 0 Å². The summed E-state index contributed by atoms with van der Waals surface area (Å²) in [7, 11) is 2.01. The molecule has 2 aromatic rings. The van der Waals surface area contributed by atoms with Gasteiger partial charge in [0, 0.05) is 18.3 Å². The van der Waals surface area contributed by atoms with Crippen LogP contribution >= 0.6 is 0 Å². The van der Waals surface area contributed by atoms with Crippen molar-refractivity contribution in [3.63, 3.8) is 0 Å². The lowest BCUT2D eigenvalue weighted by Crippen LogP contribution is -2.32. The number of anilines is 1. The fraction of sp³-hybridized carbons (Fsp3) is 0.200. The van der Waals surface area contributed by atoms with E-state index in [1.165, 1.54) is 0 Å². The average molecular weight is 225 g/mol. The standard InChI is InChI=1S/C15H15NO/c1-16-11-15(17,12-7-3-2-4-8-12)13-9-5-6-10-14(13)16/h2-10,17H,11H2,1H3. The molecule has 1 N–H and O–H groups in total. The van der Waals surface area contributed by atoms with Crippen molar-refractivity contribution in [1.29, 1.82) is 0 Å². The Bertz CT molecular complexity index is 538. The summed E-state index contributed by atoms with van der Waals surface area (Å²) in [5.41, 5.74) is 2.18. The monoisotopic (exact) mass is 225 g/mol. The van der Waals surface area contributed by atoms with E-state index in [0.717, 1.165) is 16.8 Å². The third kappa shape index (κ3) is 1.45. The molecule has 1 atom stereocenters. The first-order valence-corrected chi connectivity index (χ1v) is 5.80. The van der Waals surface area contributed by atoms with Crippen LogP contribution in [-0.4, -0.2) is 18.7 Å². The summed E-state index contributed by atoms with van der Waals surface area (Å²) < 4.78 is 0. The van der Waals surface area contributed by atoms with Crippen molar-refractivity contribution in [3.8, 4) is 0 Å². The maximum Gasteiger partial charge on any atom is 0.134 e. The van der Waals surface area contributed by atoms with Crippen LogP contribution in [0, 0.1) is 0 Å². The molecule has 2 nitrogen and oxygen atoms in total. The van der Waals surface area contributed by atoms with Gasteiger partial charge in [-0.1, -0.05) is 48.5 Å². The van der Waals surface area contributed by atoms with Gasteiger partial charge in [-0.2, -0.15) is 0 Å². The Hall–Kier alpha value is -1.80. The fourth-order valence-corrected chi connectivity index (χ4v) is 2.63. The molecule has 0 fully saturated rings. The Balaban J connectivity index is 2.18. The molecular weight excluding hydrogens is 210 g/mol. The minimum Gasteiger partial charge on any atom is -0.378 e. The minimum absolute atomic E-state index is 0.608. The minimum atomic E-state index is -0.882. The number of hydrogen-bond donors (Lipinski definition) is 1. The van der Waals surface area contributed by atoms with Gasteiger partial charge in [-0.15, -0.1) is 0 Å². The van der Waals surface area contributed by atoms with Gasteiger partial charge in [0.05, 0.1) is 6.54 Å². The lowest BCUT2D eigenvalue weighted by atomic mass is 9.88. The van der Waals surface area contributed by atoms with Crippen LogP contribution in [0.1, 0.15) is 11.1 Å². The maximum atomic E-state index is 10.9. The van der Waals surface area contributed by atoms with E-state index in [1.807, 2.05) is 55.6 Å². The second kappa shape index (κ2) is 3.60. The van der Waals surface area contributed by atoms with Crippen LogP contribution in [0.25, 0.3) is 0 Å². The molecule has 0 saturated heterocycles. The molecular formula is C15H15NO. The summed E-state index contributed by atoms with van der Waals surface area (Å²) in [6, 6.07) is 17.9. The van der Waals surface area contributed by atoms with Crippen LogP contribution in [0.15, 0.2) is 54.6 Å². The van der Waals surface area contributed by atoms with E-state index in [9.17, 15) is 5.11 Å². The molecule has 2 aromatic carbocycles. The van der Waals surface area contributed by atoms with Gasteiger partial charge in [-0.05, 0) is 11.6 Å². The van der Waals surface area contributed by atoms with Crippen LogP contribution in [0.5, 0.6) is 0 Å². The molecule has 1 aliphatic rings. The Morgan fingerprint density at radius 2 is 1.65 bits per heavy atom. The van der Waals surface area contributed by atoms with Gasteiger partial charge in [0.2, 0.25) is 0 Å². The first-order chi connectivity index (χ1) is 8.22. The van der Waals surface area contributed by atoms with Crippen LogP contribution in [0.4, 0.5) is 5.69 Å². The van der Waals surface area contributed by atoms with E-state index < -0.39 is 5.60 Å². The van der Waals surface area contributed by atoms with Gasteiger partial charge in [0.25, 0.3) is 0 Å². The number of β-amino-alcohol motifs (C(OH)–C–C–N with tert-alkyl or cyclic N) is 1. The van der Waals surface area contributed by atoms with Gasteiger partial charge < -0.3 is 10.0 Å². The van der Waals surface area contributed by atoms with Crippen LogP contribution in [0.2, 0.25) is 0 Å². The number of likely N-dealkylation sites (N-methyl/N-ethyl adjacent to an activating group) is 1. The van der Waals surface area contributed by atoms with Gasteiger partial charge >= 0.3 is 0 Å². The maximum absolute atomic E-state index is 10.9. The summed E-state index contributed by atoms with van der Waals surface area (Å²) in [4.78, 5) is 2.10. The molecule has 17 heavy (non-hydrogen) atoms. The Morgan fingerprint density at radius 3 is 2.41 bits per heavy atom. The molecule has 3 rings (SSSR count). The first-order valence-electron chi connectivity index (χ1n) is 5.80. The van der Waals surface area contributed by atoms with E-state index >= 15 is 0 Å². The second-order valence-electron chi connectivity index (χ2n) is 4.60. The quantitative estimate of drug-likeness (QED) is 0.805.